The molecule has 6 nitrogen and oxygen atoms in total. The van der Waals surface area contributed by atoms with Crippen LogP contribution in [-0.2, 0) is 0 Å². The zero-order valence-electron chi connectivity index (χ0n) is 12.5. The molecule has 1 fully saturated rings. The van der Waals surface area contributed by atoms with E-state index >= 15 is 0 Å². The van der Waals surface area contributed by atoms with Gasteiger partial charge in [-0.05, 0) is 31.0 Å². The average Bonchev–Trinajstić information content (AvgIpc) is 3.23. The molecule has 1 aromatic carbocycles. The molecule has 0 unspecified atom stereocenters. The van der Waals surface area contributed by atoms with E-state index in [1.807, 2.05) is 28.5 Å². The first-order valence-electron chi connectivity index (χ1n) is 7.61. The van der Waals surface area contributed by atoms with E-state index in [-0.39, 0.29) is 18.7 Å². The van der Waals surface area contributed by atoms with Crippen molar-refractivity contribution in [2.24, 2.45) is 5.73 Å². The molecule has 7 heteroatoms. The van der Waals surface area contributed by atoms with Crippen LogP contribution in [0.3, 0.4) is 0 Å². The Morgan fingerprint density at radius 1 is 1.26 bits per heavy atom. The number of thiazole rings is 1. The van der Waals surface area contributed by atoms with Crippen molar-refractivity contribution in [2.45, 2.75) is 18.9 Å². The third-order valence-corrected chi connectivity index (χ3v) is 5.06. The number of benzene rings is 1. The fourth-order valence-electron chi connectivity index (χ4n) is 2.80. The van der Waals surface area contributed by atoms with Crippen LogP contribution in [0.15, 0.2) is 23.6 Å². The Balaban J connectivity index is 1.53. The predicted octanol–water partition coefficient (Wildman–Crippen LogP) is 2.10. The number of piperidine rings is 1. The zero-order chi connectivity index (χ0) is 15.8. The Kier molecular flexibility index (Phi) is 3.66. The van der Waals surface area contributed by atoms with E-state index in [0.29, 0.717) is 18.8 Å². The molecule has 2 aliphatic heterocycles. The molecule has 0 aliphatic carbocycles. The Hall–Kier alpha value is -2.12. The number of hydrogen-bond donors (Lipinski definition) is 1. The lowest BCUT2D eigenvalue weighted by Crippen LogP contribution is -2.42. The SMILES string of the molecule is NC1CCN(C(=O)c2csc(-c3ccc4c(c3)OCO4)n2)CC1. The number of rotatable bonds is 2. The summed E-state index contributed by atoms with van der Waals surface area (Å²) < 4.78 is 10.7. The molecular weight excluding hydrogens is 314 g/mol. The normalized spacial score (nSPS) is 17.5. The number of aromatic nitrogens is 1. The highest BCUT2D eigenvalue weighted by Gasteiger charge is 2.24. The number of fused-ring (bicyclic) bond motifs is 1. The fourth-order valence-corrected chi connectivity index (χ4v) is 3.59. The van der Waals surface area contributed by atoms with Gasteiger partial charge < -0.3 is 20.1 Å². The van der Waals surface area contributed by atoms with Crippen molar-refractivity contribution in [3.63, 3.8) is 0 Å². The summed E-state index contributed by atoms with van der Waals surface area (Å²) in [5.41, 5.74) is 7.31. The van der Waals surface area contributed by atoms with Crippen LogP contribution in [0.1, 0.15) is 23.3 Å². The lowest BCUT2D eigenvalue weighted by Gasteiger charge is -2.29. The predicted molar refractivity (Wildman–Crippen MR) is 86.8 cm³/mol. The maximum atomic E-state index is 12.5. The van der Waals surface area contributed by atoms with Gasteiger partial charge in [0.15, 0.2) is 11.5 Å². The lowest BCUT2D eigenvalue weighted by molar-refractivity contribution is 0.0709. The van der Waals surface area contributed by atoms with E-state index in [4.69, 9.17) is 15.2 Å². The van der Waals surface area contributed by atoms with Crippen molar-refractivity contribution in [1.29, 1.82) is 0 Å². The molecule has 1 aromatic heterocycles. The molecule has 2 N–H and O–H groups in total. The number of amides is 1. The smallest absolute Gasteiger partial charge is 0.273 e. The molecule has 23 heavy (non-hydrogen) atoms. The van der Waals surface area contributed by atoms with Crippen molar-refractivity contribution in [3.05, 3.63) is 29.3 Å². The largest absolute Gasteiger partial charge is 0.454 e. The van der Waals surface area contributed by atoms with Crippen LogP contribution < -0.4 is 15.2 Å². The van der Waals surface area contributed by atoms with Gasteiger partial charge in [-0.25, -0.2) is 4.98 Å². The standard InChI is InChI=1S/C16H17N3O3S/c17-11-3-5-19(6-4-11)16(20)12-8-23-15(18-12)10-1-2-13-14(7-10)22-9-21-13/h1-2,7-8,11H,3-6,9,17H2. The summed E-state index contributed by atoms with van der Waals surface area (Å²) in [6.45, 7) is 1.66. The van der Waals surface area contributed by atoms with Crippen LogP contribution in [0.25, 0.3) is 10.6 Å². The van der Waals surface area contributed by atoms with E-state index in [2.05, 4.69) is 4.98 Å². The van der Waals surface area contributed by atoms with Crippen LogP contribution in [0, 0.1) is 0 Å². The van der Waals surface area contributed by atoms with Crippen molar-refractivity contribution in [2.75, 3.05) is 19.9 Å². The van der Waals surface area contributed by atoms with Crippen LogP contribution in [0.5, 0.6) is 11.5 Å². The highest BCUT2D eigenvalue weighted by atomic mass is 32.1. The van der Waals surface area contributed by atoms with Gasteiger partial charge in [0, 0.05) is 30.1 Å². The maximum Gasteiger partial charge on any atom is 0.273 e. The molecule has 0 saturated carbocycles. The molecule has 1 amide bonds. The second kappa shape index (κ2) is 5.82. The first-order chi connectivity index (χ1) is 11.2. The number of carbonyl (C=O) groups is 1. The van der Waals surface area contributed by atoms with Crippen LogP contribution in [0.2, 0.25) is 0 Å². The monoisotopic (exact) mass is 331 g/mol. The van der Waals surface area contributed by atoms with Crippen LogP contribution >= 0.6 is 11.3 Å². The van der Waals surface area contributed by atoms with Gasteiger partial charge in [0.1, 0.15) is 10.7 Å². The summed E-state index contributed by atoms with van der Waals surface area (Å²) in [4.78, 5) is 18.9. The third-order valence-electron chi connectivity index (χ3n) is 4.17. The van der Waals surface area contributed by atoms with Crippen molar-refractivity contribution in [1.82, 2.24) is 9.88 Å². The lowest BCUT2D eigenvalue weighted by atomic mass is 10.1. The van der Waals surface area contributed by atoms with E-state index in [9.17, 15) is 4.79 Å². The Morgan fingerprint density at radius 3 is 2.87 bits per heavy atom. The number of nitrogens with two attached hydrogens (primary N) is 1. The number of hydrogen-bond acceptors (Lipinski definition) is 6. The Bertz CT molecular complexity index is 738. The van der Waals surface area contributed by atoms with Gasteiger partial charge in [0.2, 0.25) is 6.79 Å². The summed E-state index contributed by atoms with van der Waals surface area (Å²) in [6, 6.07) is 5.90. The first-order valence-corrected chi connectivity index (χ1v) is 8.49. The van der Waals surface area contributed by atoms with Gasteiger partial charge in [-0.3, -0.25) is 4.79 Å². The molecule has 1 saturated heterocycles. The highest BCUT2D eigenvalue weighted by molar-refractivity contribution is 7.13. The summed E-state index contributed by atoms with van der Waals surface area (Å²) in [6.07, 6.45) is 1.70. The van der Waals surface area contributed by atoms with Gasteiger partial charge in [0.25, 0.3) is 5.91 Å². The molecule has 3 heterocycles. The zero-order valence-corrected chi connectivity index (χ0v) is 13.3. The molecular formula is C16H17N3O3S. The average molecular weight is 331 g/mol. The Morgan fingerprint density at radius 2 is 2.04 bits per heavy atom. The summed E-state index contributed by atoms with van der Waals surface area (Å²) in [7, 11) is 0. The molecule has 0 bridgehead atoms. The molecule has 120 valence electrons. The van der Waals surface area contributed by atoms with E-state index in [1.54, 1.807) is 0 Å². The minimum atomic E-state index is -0.0138. The fraction of sp³-hybridized carbons (Fsp3) is 0.375. The number of carbonyl (C=O) groups excluding carboxylic acids is 1. The second-order valence-corrected chi connectivity index (χ2v) is 6.59. The maximum absolute atomic E-state index is 12.5. The summed E-state index contributed by atoms with van der Waals surface area (Å²) in [5, 5.41) is 2.62. The molecule has 0 spiro atoms. The molecule has 0 radical (unpaired) electrons. The Labute approximate surface area is 137 Å². The van der Waals surface area contributed by atoms with Gasteiger partial charge in [-0.2, -0.15) is 0 Å². The van der Waals surface area contributed by atoms with Gasteiger partial charge in [0.05, 0.1) is 0 Å². The minimum Gasteiger partial charge on any atom is -0.454 e. The van der Waals surface area contributed by atoms with Crippen LogP contribution in [0.4, 0.5) is 0 Å². The van der Waals surface area contributed by atoms with Gasteiger partial charge >= 0.3 is 0 Å². The third kappa shape index (κ3) is 2.77. The van der Waals surface area contributed by atoms with E-state index < -0.39 is 0 Å². The van der Waals surface area contributed by atoms with Gasteiger partial charge in [-0.1, -0.05) is 0 Å². The van der Waals surface area contributed by atoms with Crippen LogP contribution in [-0.4, -0.2) is 41.7 Å². The summed E-state index contributed by atoms with van der Waals surface area (Å²) >= 11 is 1.46. The van der Waals surface area contributed by atoms with Gasteiger partial charge in [-0.15, -0.1) is 11.3 Å². The van der Waals surface area contributed by atoms with Crippen molar-refractivity contribution >= 4 is 17.2 Å². The quantitative estimate of drug-likeness (QED) is 0.912. The minimum absolute atomic E-state index is 0.0138. The number of likely N-dealkylation sites (tertiary alicyclic amines) is 1. The molecule has 2 aliphatic rings. The first kappa shape index (κ1) is 14.5. The van der Waals surface area contributed by atoms with Crippen molar-refractivity contribution < 1.29 is 14.3 Å². The topological polar surface area (TPSA) is 77.7 Å². The number of nitrogens with zero attached hydrogens (tertiary/aromatic N) is 2. The second-order valence-electron chi connectivity index (χ2n) is 5.74. The van der Waals surface area contributed by atoms with E-state index in [1.165, 1.54) is 11.3 Å². The molecule has 2 aromatic rings. The van der Waals surface area contributed by atoms with Crippen molar-refractivity contribution in [3.8, 4) is 22.1 Å². The number of ether oxygens (including phenoxy) is 2. The molecule has 0 atom stereocenters. The molecule has 4 rings (SSSR count). The summed E-state index contributed by atoms with van der Waals surface area (Å²) in [5.74, 6) is 1.45. The van der Waals surface area contributed by atoms with E-state index in [0.717, 1.165) is 34.9 Å². The highest BCUT2D eigenvalue weighted by Crippen LogP contribution is 2.36.